The summed E-state index contributed by atoms with van der Waals surface area (Å²) in [6, 6.07) is -1.11. The number of carbonyl (C=O) groups is 2. The topological polar surface area (TPSA) is 93.8 Å². The van der Waals surface area contributed by atoms with Crippen LogP contribution in [0.1, 0.15) is 34.8 Å². The molecule has 0 aromatic carbocycles. The predicted molar refractivity (Wildman–Crippen MR) is 86.9 cm³/mol. The van der Waals surface area contributed by atoms with Crippen molar-refractivity contribution in [1.29, 1.82) is 0 Å². The molecule has 0 fully saturated rings. The van der Waals surface area contributed by atoms with Gasteiger partial charge >= 0.3 is 6.18 Å². The van der Waals surface area contributed by atoms with E-state index in [-0.39, 0.29) is 17.1 Å². The van der Waals surface area contributed by atoms with Gasteiger partial charge < -0.3 is 10.6 Å². The number of nitrogens with zero attached hydrogens (tertiary/aromatic N) is 4. The average molecular weight is 393 g/mol. The number of amides is 2. The summed E-state index contributed by atoms with van der Waals surface area (Å²) in [5, 5.41) is 11.6. The molecule has 0 bridgehead atoms. The third-order valence-corrected chi connectivity index (χ3v) is 4.07. The molecule has 2 rings (SSSR count). The van der Waals surface area contributed by atoms with Crippen LogP contribution in [0.4, 0.5) is 18.9 Å². The van der Waals surface area contributed by atoms with E-state index in [2.05, 4.69) is 20.8 Å². The van der Waals surface area contributed by atoms with Gasteiger partial charge in [0.1, 0.15) is 6.04 Å². The third-order valence-electron chi connectivity index (χ3n) is 3.62. The highest BCUT2D eigenvalue weighted by Crippen LogP contribution is 2.36. The standard InChI is InChI=1S/C14H16ClF3N6O2/c1-6-9(15)11(14(16,17)18)22-24(6)7(2)12(25)20-8-5-23(4)21-10(8)13(26)19-3/h5,7H,1-4H3,(H,19,26)(H,20,25). The lowest BCUT2D eigenvalue weighted by molar-refractivity contribution is -0.141. The van der Waals surface area contributed by atoms with Gasteiger partial charge in [0.25, 0.3) is 5.91 Å². The van der Waals surface area contributed by atoms with E-state index in [1.54, 1.807) is 7.05 Å². The third kappa shape index (κ3) is 3.66. The Hall–Kier alpha value is -2.56. The predicted octanol–water partition coefficient (Wildman–Crippen LogP) is 2.16. The van der Waals surface area contributed by atoms with Crippen LogP contribution in [0.3, 0.4) is 0 Å². The first-order chi connectivity index (χ1) is 12.0. The van der Waals surface area contributed by atoms with Gasteiger partial charge in [0.05, 0.1) is 16.4 Å². The van der Waals surface area contributed by atoms with Gasteiger partial charge in [0.2, 0.25) is 5.91 Å². The highest BCUT2D eigenvalue weighted by Gasteiger charge is 2.39. The fourth-order valence-electron chi connectivity index (χ4n) is 2.27. The summed E-state index contributed by atoms with van der Waals surface area (Å²) in [7, 11) is 2.96. The first kappa shape index (κ1) is 19.8. The number of hydrogen-bond acceptors (Lipinski definition) is 4. The van der Waals surface area contributed by atoms with Crippen molar-refractivity contribution in [2.24, 2.45) is 7.05 Å². The molecule has 2 N–H and O–H groups in total. The molecule has 1 unspecified atom stereocenters. The van der Waals surface area contributed by atoms with E-state index in [1.165, 1.54) is 31.8 Å². The van der Waals surface area contributed by atoms with Crippen molar-refractivity contribution in [1.82, 2.24) is 24.9 Å². The van der Waals surface area contributed by atoms with Crippen molar-refractivity contribution in [2.75, 3.05) is 12.4 Å². The highest BCUT2D eigenvalue weighted by molar-refractivity contribution is 6.32. The smallest absolute Gasteiger partial charge is 0.354 e. The molecule has 1 atom stereocenters. The van der Waals surface area contributed by atoms with E-state index >= 15 is 0 Å². The van der Waals surface area contributed by atoms with Crippen molar-refractivity contribution in [3.8, 4) is 0 Å². The average Bonchev–Trinajstić information content (AvgIpc) is 3.06. The van der Waals surface area contributed by atoms with Gasteiger partial charge in [0, 0.05) is 20.3 Å². The van der Waals surface area contributed by atoms with Gasteiger partial charge in [-0.2, -0.15) is 23.4 Å². The van der Waals surface area contributed by atoms with Crippen molar-refractivity contribution in [3.05, 3.63) is 28.3 Å². The number of alkyl halides is 3. The minimum absolute atomic E-state index is 0.000599. The number of aromatic nitrogens is 4. The zero-order valence-electron chi connectivity index (χ0n) is 14.3. The van der Waals surface area contributed by atoms with E-state index < -0.39 is 34.7 Å². The second-order valence-electron chi connectivity index (χ2n) is 5.50. The Morgan fingerprint density at radius 3 is 2.42 bits per heavy atom. The van der Waals surface area contributed by atoms with E-state index in [0.29, 0.717) is 0 Å². The SMILES string of the molecule is CNC(=O)c1nn(C)cc1NC(=O)C(C)n1nc(C(F)(F)F)c(Cl)c1C. The van der Waals surface area contributed by atoms with Crippen LogP contribution in [0.5, 0.6) is 0 Å². The first-order valence-electron chi connectivity index (χ1n) is 7.35. The summed E-state index contributed by atoms with van der Waals surface area (Å²) < 4.78 is 41.0. The second kappa shape index (κ2) is 6.98. The molecule has 26 heavy (non-hydrogen) atoms. The van der Waals surface area contributed by atoms with Gasteiger partial charge in [-0.25, -0.2) is 0 Å². The molecule has 0 aliphatic heterocycles. The normalized spacial score (nSPS) is 12.8. The Bertz CT molecular complexity index is 858. The van der Waals surface area contributed by atoms with E-state index in [1.807, 2.05) is 0 Å². The quantitative estimate of drug-likeness (QED) is 0.833. The number of anilines is 1. The van der Waals surface area contributed by atoms with Crippen LogP contribution >= 0.6 is 11.6 Å². The lowest BCUT2D eigenvalue weighted by Gasteiger charge is -2.14. The zero-order valence-corrected chi connectivity index (χ0v) is 15.0. The molecule has 0 radical (unpaired) electrons. The molecule has 12 heteroatoms. The van der Waals surface area contributed by atoms with E-state index in [0.717, 1.165) is 4.68 Å². The van der Waals surface area contributed by atoms with Gasteiger partial charge in [-0.05, 0) is 13.8 Å². The summed E-state index contributed by atoms with van der Waals surface area (Å²) in [5.41, 5.74) is -1.17. The molecule has 0 aliphatic rings. The van der Waals surface area contributed by atoms with Crippen LogP contribution in [-0.4, -0.2) is 38.4 Å². The zero-order chi connectivity index (χ0) is 19.8. The molecular weight excluding hydrogens is 377 g/mol. The fourth-order valence-corrected chi connectivity index (χ4v) is 2.50. The molecule has 0 aliphatic carbocycles. The second-order valence-corrected chi connectivity index (χ2v) is 5.88. The minimum atomic E-state index is -4.74. The van der Waals surface area contributed by atoms with Crippen LogP contribution < -0.4 is 10.6 Å². The van der Waals surface area contributed by atoms with Gasteiger partial charge in [-0.15, -0.1) is 0 Å². The number of rotatable bonds is 4. The number of nitrogens with one attached hydrogen (secondary N) is 2. The molecule has 0 spiro atoms. The lowest BCUT2D eigenvalue weighted by atomic mass is 10.2. The number of halogens is 4. The summed E-state index contributed by atoms with van der Waals surface area (Å²) in [6.45, 7) is 2.69. The Labute approximate surface area is 151 Å². The monoisotopic (exact) mass is 392 g/mol. The molecule has 2 aromatic heterocycles. The van der Waals surface area contributed by atoms with Crippen LogP contribution in [0.2, 0.25) is 5.02 Å². The summed E-state index contributed by atoms with van der Waals surface area (Å²) in [4.78, 5) is 24.2. The van der Waals surface area contributed by atoms with Crippen LogP contribution in [-0.2, 0) is 18.0 Å². The maximum absolute atomic E-state index is 12.9. The fraction of sp³-hybridized carbons (Fsp3) is 0.429. The molecule has 2 heterocycles. The first-order valence-corrected chi connectivity index (χ1v) is 7.73. The molecule has 142 valence electrons. The van der Waals surface area contributed by atoms with Crippen LogP contribution in [0.15, 0.2) is 6.20 Å². The van der Waals surface area contributed by atoms with Crippen molar-refractivity contribution >= 4 is 29.1 Å². The molecule has 8 nitrogen and oxygen atoms in total. The Morgan fingerprint density at radius 1 is 1.31 bits per heavy atom. The maximum atomic E-state index is 12.9. The molecule has 2 amide bonds. The molecular formula is C14H16ClF3N6O2. The Balaban J connectivity index is 2.31. The van der Waals surface area contributed by atoms with Crippen LogP contribution in [0.25, 0.3) is 0 Å². The van der Waals surface area contributed by atoms with E-state index in [9.17, 15) is 22.8 Å². The van der Waals surface area contributed by atoms with Gasteiger partial charge in [-0.1, -0.05) is 11.6 Å². The van der Waals surface area contributed by atoms with E-state index in [4.69, 9.17) is 11.6 Å². The minimum Gasteiger partial charge on any atom is -0.354 e. The maximum Gasteiger partial charge on any atom is 0.436 e. The summed E-state index contributed by atoms with van der Waals surface area (Å²) in [6.07, 6.45) is -3.34. The Morgan fingerprint density at radius 2 is 1.92 bits per heavy atom. The summed E-state index contributed by atoms with van der Waals surface area (Å²) >= 11 is 5.70. The largest absolute Gasteiger partial charge is 0.436 e. The lowest BCUT2D eigenvalue weighted by Crippen LogP contribution is -2.27. The van der Waals surface area contributed by atoms with Gasteiger partial charge in [-0.3, -0.25) is 19.0 Å². The molecule has 2 aromatic rings. The van der Waals surface area contributed by atoms with Crippen molar-refractivity contribution < 1.29 is 22.8 Å². The Kier molecular flexibility index (Phi) is 5.31. The van der Waals surface area contributed by atoms with Crippen molar-refractivity contribution in [3.63, 3.8) is 0 Å². The molecule has 0 saturated heterocycles. The summed E-state index contributed by atoms with van der Waals surface area (Å²) in [5.74, 6) is -1.20. The number of hydrogen-bond donors (Lipinski definition) is 2. The van der Waals surface area contributed by atoms with Gasteiger partial charge in [0.15, 0.2) is 11.4 Å². The highest BCUT2D eigenvalue weighted by atomic mass is 35.5. The van der Waals surface area contributed by atoms with Crippen LogP contribution in [0, 0.1) is 6.92 Å². The number of aryl methyl sites for hydroxylation is 1. The molecule has 0 saturated carbocycles. The van der Waals surface area contributed by atoms with Crippen molar-refractivity contribution in [2.45, 2.75) is 26.1 Å². The number of carbonyl (C=O) groups excluding carboxylic acids is 2.